The van der Waals surface area contributed by atoms with Gasteiger partial charge in [0.15, 0.2) is 11.2 Å². The van der Waals surface area contributed by atoms with E-state index in [0.717, 1.165) is 0 Å². The molecule has 0 spiro atoms. The Balaban J connectivity index is 1.77. The van der Waals surface area contributed by atoms with E-state index in [1.807, 2.05) is 13.0 Å². The Hall–Kier alpha value is -2.68. The molecule has 8 heteroatoms. The zero-order valence-electron chi connectivity index (χ0n) is 18.2. The number of allylic oxidation sites excluding steroid dienone is 1. The summed E-state index contributed by atoms with van der Waals surface area (Å²) in [5, 5.41) is 9.91. The van der Waals surface area contributed by atoms with Gasteiger partial charge in [-0.1, -0.05) is 12.1 Å². The van der Waals surface area contributed by atoms with E-state index in [1.165, 1.54) is 6.26 Å². The van der Waals surface area contributed by atoms with Gasteiger partial charge in [0.25, 0.3) is 5.91 Å². The van der Waals surface area contributed by atoms with Gasteiger partial charge < -0.3 is 28.6 Å². The van der Waals surface area contributed by atoms with E-state index in [9.17, 15) is 14.7 Å². The fraction of sp³-hybridized carbons (Fsp3) is 0.500. The van der Waals surface area contributed by atoms with E-state index in [-0.39, 0.29) is 29.6 Å². The molecule has 0 radical (unpaired) electrons. The van der Waals surface area contributed by atoms with Gasteiger partial charge >= 0.3 is 0 Å². The van der Waals surface area contributed by atoms with Crippen LogP contribution in [0.2, 0.25) is 0 Å². The number of morpholine rings is 1. The summed E-state index contributed by atoms with van der Waals surface area (Å²) < 4.78 is 23.0. The van der Waals surface area contributed by atoms with Gasteiger partial charge in [-0.25, -0.2) is 0 Å². The summed E-state index contributed by atoms with van der Waals surface area (Å²) in [5.41, 5.74) is 0.819. The maximum atomic E-state index is 13.4. The van der Waals surface area contributed by atoms with Gasteiger partial charge in [-0.2, -0.15) is 0 Å². The maximum Gasteiger partial charge on any atom is 0.288 e. The summed E-state index contributed by atoms with van der Waals surface area (Å²) in [5.74, 6) is -0.781. The van der Waals surface area contributed by atoms with E-state index < -0.39 is 12.2 Å². The Bertz CT molecular complexity index is 1020. The van der Waals surface area contributed by atoms with Crippen LogP contribution < -0.4 is 5.43 Å². The Morgan fingerprint density at radius 2 is 2.03 bits per heavy atom. The van der Waals surface area contributed by atoms with E-state index in [0.29, 0.717) is 62.3 Å². The Labute approximate surface area is 186 Å². The molecule has 0 unspecified atom stereocenters. The van der Waals surface area contributed by atoms with E-state index in [4.69, 9.17) is 18.6 Å². The van der Waals surface area contributed by atoms with Crippen LogP contribution in [-0.4, -0.2) is 61.7 Å². The van der Waals surface area contributed by atoms with Crippen LogP contribution in [0.5, 0.6) is 0 Å². The quantitative estimate of drug-likeness (QED) is 0.702. The lowest BCUT2D eigenvalue weighted by molar-refractivity contribution is -0.171. The molecule has 2 aliphatic heterocycles. The molecule has 1 saturated heterocycles. The lowest BCUT2D eigenvalue weighted by Gasteiger charge is -2.38. The first-order valence-electron chi connectivity index (χ1n) is 11.1. The van der Waals surface area contributed by atoms with E-state index in [1.54, 1.807) is 29.2 Å². The van der Waals surface area contributed by atoms with Crippen molar-refractivity contribution in [3.63, 3.8) is 0 Å². The number of carbonyl (C=O) groups excluding carboxylic acids is 1. The Morgan fingerprint density at radius 1 is 1.25 bits per heavy atom. The van der Waals surface area contributed by atoms with Crippen LogP contribution in [0.25, 0.3) is 11.0 Å². The van der Waals surface area contributed by atoms with Crippen LogP contribution in [0.15, 0.2) is 51.6 Å². The standard InChI is InChI=1S/C24H29NO7/c1-2-30-24-16(7-5-11-26)18(14-21(32-24)23(28)25-9-12-29-13-10-25)19-15-31-20-8-4-3-6-17(20)22(19)27/h3-4,6,8,14-16,18,24,26H,2,5,7,9-13H2,1H3/t16-,18-,24+/m0/s1. The molecule has 2 aliphatic rings. The second-order valence-corrected chi connectivity index (χ2v) is 7.95. The Morgan fingerprint density at radius 3 is 2.78 bits per heavy atom. The topological polar surface area (TPSA) is 98.4 Å². The molecular weight excluding hydrogens is 414 g/mol. The molecule has 32 heavy (non-hydrogen) atoms. The molecule has 4 rings (SSSR count). The zero-order chi connectivity index (χ0) is 22.5. The minimum atomic E-state index is -0.715. The van der Waals surface area contributed by atoms with Crippen molar-refractivity contribution >= 4 is 16.9 Å². The van der Waals surface area contributed by atoms with E-state index in [2.05, 4.69) is 0 Å². The van der Waals surface area contributed by atoms with Crippen LogP contribution in [-0.2, 0) is 19.0 Å². The van der Waals surface area contributed by atoms with Crippen molar-refractivity contribution in [3.8, 4) is 0 Å². The third-order valence-corrected chi connectivity index (χ3v) is 5.99. The number of amides is 1. The molecule has 1 fully saturated rings. The number of aliphatic hydroxyl groups is 1. The lowest BCUT2D eigenvalue weighted by Crippen LogP contribution is -2.45. The molecule has 0 bridgehead atoms. The number of rotatable bonds is 7. The minimum Gasteiger partial charge on any atom is -0.464 e. The summed E-state index contributed by atoms with van der Waals surface area (Å²) in [7, 11) is 0. The predicted molar refractivity (Wildman–Crippen MR) is 117 cm³/mol. The highest BCUT2D eigenvalue weighted by Crippen LogP contribution is 2.39. The van der Waals surface area contributed by atoms with Crippen molar-refractivity contribution in [2.45, 2.75) is 32.0 Å². The third-order valence-electron chi connectivity index (χ3n) is 5.99. The van der Waals surface area contributed by atoms with Crippen molar-refractivity contribution < 1.29 is 28.5 Å². The number of benzene rings is 1. The van der Waals surface area contributed by atoms with Gasteiger partial charge in [-0.3, -0.25) is 9.59 Å². The molecule has 172 valence electrons. The van der Waals surface area contributed by atoms with Crippen molar-refractivity contribution in [1.29, 1.82) is 0 Å². The number of nitrogens with zero attached hydrogens (tertiary/aromatic N) is 1. The number of ether oxygens (including phenoxy) is 3. The van der Waals surface area contributed by atoms with Crippen LogP contribution in [0, 0.1) is 5.92 Å². The largest absolute Gasteiger partial charge is 0.464 e. The number of fused-ring (bicyclic) bond motifs is 1. The SMILES string of the molecule is CCO[C@@H]1OC(C(=O)N2CCOCC2)=C[C@H](c2coc3ccccc3c2=O)[C@@H]1CCCO. The fourth-order valence-electron chi connectivity index (χ4n) is 4.36. The Kier molecular flexibility index (Phi) is 7.24. The molecule has 1 amide bonds. The summed E-state index contributed by atoms with van der Waals surface area (Å²) >= 11 is 0. The molecule has 2 aromatic rings. The predicted octanol–water partition coefficient (Wildman–Crippen LogP) is 2.40. The molecule has 8 nitrogen and oxygen atoms in total. The second kappa shape index (κ2) is 10.3. The van der Waals surface area contributed by atoms with Gasteiger partial charge in [0.05, 0.1) is 24.9 Å². The van der Waals surface area contributed by atoms with Gasteiger partial charge in [0.2, 0.25) is 6.29 Å². The number of aliphatic hydroxyl groups excluding tert-OH is 1. The first-order chi connectivity index (χ1) is 15.6. The monoisotopic (exact) mass is 443 g/mol. The summed E-state index contributed by atoms with van der Waals surface area (Å²) in [6.45, 7) is 4.17. The third kappa shape index (κ3) is 4.57. The smallest absolute Gasteiger partial charge is 0.288 e. The first kappa shape index (κ1) is 22.5. The van der Waals surface area contributed by atoms with Crippen molar-refractivity contribution in [3.05, 3.63) is 58.2 Å². The van der Waals surface area contributed by atoms with Gasteiger partial charge in [-0.15, -0.1) is 0 Å². The molecule has 1 aromatic carbocycles. The van der Waals surface area contributed by atoms with Crippen molar-refractivity contribution in [2.24, 2.45) is 5.92 Å². The van der Waals surface area contributed by atoms with Crippen molar-refractivity contribution in [2.75, 3.05) is 39.5 Å². The highest BCUT2D eigenvalue weighted by Gasteiger charge is 2.40. The normalized spacial score (nSPS) is 23.6. The molecular formula is C24H29NO7. The highest BCUT2D eigenvalue weighted by atomic mass is 16.7. The number of carbonyl (C=O) groups is 1. The second-order valence-electron chi connectivity index (χ2n) is 7.95. The lowest BCUT2D eigenvalue weighted by atomic mass is 9.81. The molecule has 0 saturated carbocycles. The van der Waals surface area contributed by atoms with Crippen LogP contribution in [0.4, 0.5) is 0 Å². The van der Waals surface area contributed by atoms with Crippen LogP contribution in [0.3, 0.4) is 0 Å². The van der Waals surface area contributed by atoms with E-state index >= 15 is 0 Å². The molecule has 1 aromatic heterocycles. The number of hydrogen-bond acceptors (Lipinski definition) is 7. The average Bonchev–Trinajstić information content (AvgIpc) is 2.83. The zero-order valence-corrected chi connectivity index (χ0v) is 18.2. The molecule has 3 heterocycles. The average molecular weight is 443 g/mol. The van der Waals surface area contributed by atoms with Crippen LogP contribution >= 0.6 is 0 Å². The molecule has 1 N–H and O–H groups in total. The maximum absolute atomic E-state index is 13.4. The van der Waals surface area contributed by atoms with Gasteiger partial charge in [0, 0.05) is 43.7 Å². The summed E-state index contributed by atoms with van der Waals surface area (Å²) in [4.78, 5) is 28.2. The van der Waals surface area contributed by atoms with Crippen molar-refractivity contribution in [1.82, 2.24) is 4.90 Å². The van der Waals surface area contributed by atoms with Gasteiger partial charge in [0.1, 0.15) is 5.58 Å². The highest BCUT2D eigenvalue weighted by molar-refractivity contribution is 5.92. The van der Waals surface area contributed by atoms with Gasteiger partial charge in [-0.05, 0) is 38.0 Å². The minimum absolute atomic E-state index is 0.0116. The summed E-state index contributed by atoms with van der Waals surface area (Å²) in [6, 6.07) is 7.09. The molecule has 0 aliphatic carbocycles. The van der Waals surface area contributed by atoms with Crippen LogP contribution in [0.1, 0.15) is 31.2 Å². The molecule has 3 atom stereocenters. The summed E-state index contributed by atoms with van der Waals surface area (Å²) in [6.07, 6.45) is 3.56. The first-order valence-corrected chi connectivity index (χ1v) is 11.1. The number of hydrogen-bond donors (Lipinski definition) is 1. The number of para-hydroxylation sites is 1. The fourth-order valence-corrected chi connectivity index (χ4v) is 4.36.